The highest BCUT2D eigenvalue weighted by atomic mass is 28.3. The van der Waals surface area contributed by atoms with Crippen LogP contribution >= 0.6 is 0 Å². The van der Waals surface area contributed by atoms with Gasteiger partial charge in [0.15, 0.2) is 0 Å². The molecule has 2 N–H and O–H groups in total. The van der Waals surface area contributed by atoms with E-state index in [9.17, 15) is 24.0 Å². The zero-order chi connectivity index (χ0) is 32.5. The van der Waals surface area contributed by atoms with Gasteiger partial charge in [0, 0.05) is 27.0 Å². The number of ether oxygens (including phenoxy) is 4. The van der Waals surface area contributed by atoms with E-state index < -0.39 is 55.5 Å². The van der Waals surface area contributed by atoms with Gasteiger partial charge in [-0.3, -0.25) is 14.4 Å². The summed E-state index contributed by atoms with van der Waals surface area (Å²) in [5, 5.41) is 5.35. The van der Waals surface area contributed by atoms with E-state index in [1.54, 1.807) is 20.8 Å². The standard InChI is InChI=1S/C31H50N2O9Si/c1-31(2,3)42-26(34)17-16-24(21-27(35)40-19-20-43(5,6)7)28(36)33-25(29(37)39-4)15-11-12-18-32-30(38)41-22-23-13-9-8-10-14-23/h8-10,13-14,24-25H,11-12,15-22H2,1-7H3,(H,32,38)(H,33,36)/t24-,25+/m1/s1. The SMILES string of the molecule is COC(=O)[C@H](CCCCNC(=O)OCc1ccccc1)NC(=O)[C@H](CCC(=O)OC(C)(C)C)CC(=O)OCC[Si](C)(C)C. The van der Waals surface area contributed by atoms with Crippen LogP contribution in [-0.2, 0) is 44.7 Å². The van der Waals surface area contributed by atoms with Crippen LogP contribution in [0.2, 0.25) is 25.7 Å². The van der Waals surface area contributed by atoms with Crippen molar-refractivity contribution in [2.45, 2.75) is 103 Å². The number of nitrogens with one attached hydrogen (secondary N) is 2. The zero-order valence-electron chi connectivity index (χ0n) is 26.8. The van der Waals surface area contributed by atoms with E-state index in [0.717, 1.165) is 11.6 Å². The Labute approximate surface area is 256 Å². The predicted molar refractivity (Wildman–Crippen MR) is 165 cm³/mol. The number of hydrogen-bond acceptors (Lipinski definition) is 9. The number of unbranched alkanes of at least 4 members (excludes halogenated alkanes) is 1. The Morgan fingerprint density at radius 2 is 1.58 bits per heavy atom. The Hall–Kier alpha value is -3.41. The summed E-state index contributed by atoms with van der Waals surface area (Å²) < 4.78 is 20.8. The molecule has 1 aromatic rings. The number of carbonyl (C=O) groups is 5. The van der Waals surface area contributed by atoms with E-state index in [2.05, 4.69) is 30.3 Å². The number of benzene rings is 1. The average molecular weight is 623 g/mol. The summed E-state index contributed by atoms with van der Waals surface area (Å²) in [6.45, 7) is 12.5. The highest BCUT2D eigenvalue weighted by molar-refractivity contribution is 6.76. The first-order chi connectivity index (χ1) is 20.1. The Balaban J connectivity index is 2.68. The van der Waals surface area contributed by atoms with Crippen molar-refractivity contribution in [3.05, 3.63) is 35.9 Å². The second-order valence-electron chi connectivity index (χ2n) is 12.6. The molecule has 0 aliphatic heterocycles. The topological polar surface area (TPSA) is 146 Å². The number of rotatable bonds is 18. The van der Waals surface area contributed by atoms with Gasteiger partial charge in [-0.15, -0.1) is 0 Å². The van der Waals surface area contributed by atoms with Crippen LogP contribution in [0.15, 0.2) is 30.3 Å². The number of carbonyl (C=O) groups excluding carboxylic acids is 5. The molecule has 43 heavy (non-hydrogen) atoms. The Bertz CT molecular complexity index is 1040. The molecular weight excluding hydrogens is 572 g/mol. The molecule has 0 bridgehead atoms. The van der Waals surface area contributed by atoms with Gasteiger partial charge in [0.05, 0.1) is 20.1 Å². The summed E-state index contributed by atoms with van der Waals surface area (Å²) in [7, 11) is -0.197. The van der Waals surface area contributed by atoms with Crippen LogP contribution in [-0.4, -0.2) is 69.9 Å². The second-order valence-corrected chi connectivity index (χ2v) is 18.2. The van der Waals surface area contributed by atoms with Gasteiger partial charge in [0.1, 0.15) is 18.2 Å². The summed E-state index contributed by atoms with van der Waals surface area (Å²) in [5.74, 6) is -3.12. The largest absolute Gasteiger partial charge is 0.467 e. The van der Waals surface area contributed by atoms with Gasteiger partial charge in [0.25, 0.3) is 0 Å². The van der Waals surface area contributed by atoms with Crippen LogP contribution in [0.5, 0.6) is 0 Å². The van der Waals surface area contributed by atoms with E-state index in [-0.39, 0.29) is 38.9 Å². The van der Waals surface area contributed by atoms with Crippen LogP contribution in [0.4, 0.5) is 4.79 Å². The maximum atomic E-state index is 13.3. The van der Waals surface area contributed by atoms with Gasteiger partial charge in [-0.1, -0.05) is 50.0 Å². The lowest BCUT2D eigenvalue weighted by molar-refractivity contribution is -0.156. The fourth-order valence-electron chi connectivity index (χ4n) is 3.86. The second kappa shape index (κ2) is 19.0. The van der Waals surface area contributed by atoms with Crippen molar-refractivity contribution < 1.29 is 42.9 Å². The van der Waals surface area contributed by atoms with Crippen LogP contribution in [0.25, 0.3) is 0 Å². The Morgan fingerprint density at radius 1 is 0.907 bits per heavy atom. The Morgan fingerprint density at radius 3 is 2.19 bits per heavy atom. The third-order valence-electron chi connectivity index (χ3n) is 6.22. The van der Waals surface area contributed by atoms with Gasteiger partial charge < -0.3 is 29.6 Å². The fraction of sp³-hybridized carbons (Fsp3) is 0.645. The Kier molecular flexibility index (Phi) is 16.6. The average Bonchev–Trinajstić information content (AvgIpc) is 2.91. The first-order valence-electron chi connectivity index (χ1n) is 14.8. The van der Waals surface area contributed by atoms with Crippen molar-refractivity contribution in [2.75, 3.05) is 20.3 Å². The molecule has 242 valence electrons. The van der Waals surface area contributed by atoms with E-state index >= 15 is 0 Å². The molecule has 0 aliphatic rings. The van der Waals surface area contributed by atoms with Crippen LogP contribution < -0.4 is 10.6 Å². The third kappa shape index (κ3) is 18.7. The summed E-state index contributed by atoms with van der Waals surface area (Å²) in [6, 6.07) is 9.13. The van der Waals surface area contributed by atoms with Crippen molar-refractivity contribution in [2.24, 2.45) is 5.92 Å². The molecule has 0 aliphatic carbocycles. The van der Waals surface area contributed by atoms with E-state index in [1.807, 2.05) is 30.3 Å². The summed E-state index contributed by atoms with van der Waals surface area (Å²) in [6.07, 6.45) is 0.447. The number of methoxy groups -OCH3 is 1. The highest BCUT2D eigenvalue weighted by Gasteiger charge is 2.29. The van der Waals surface area contributed by atoms with Gasteiger partial charge in [-0.2, -0.15) is 0 Å². The van der Waals surface area contributed by atoms with Crippen molar-refractivity contribution in [1.82, 2.24) is 10.6 Å². The molecule has 11 nitrogen and oxygen atoms in total. The molecule has 0 heterocycles. The molecule has 0 aromatic heterocycles. The highest BCUT2D eigenvalue weighted by Crippen LogP contribution is 2.18. The van der Waals surface area contributed by atoms with Crippen molar-refractivity contribution in [3.8, 4) is 0 Å². The first kappa shape index (κ1) is 37.6. The van der Waals surface area contributed by atoms with Crippen molar-refractivity contribution in [1.29, 1.82) is 0 Å². The molecule has 2 amide bonds. The molecule has 1 rings (SSSR count). The van der Waals surface area contributed by atoms with Gasteiger partial charge in [-0.05, 0) is 58.1 Å². The summed E-state index contributed by atoms with van der Waals surface area (Å²) in [5.41, 5.74) is 0.187. The lowest BCUT2D eigenvalue weighted by Crippen LogP contribution is -2.45. The number of alkyl carbamates (subject to hydrolysis) is 1. The van der Waals surface area contributed by atoms with Crippen LogP contribution in [0, 0.1) is 5.92 Å². The molecule has 2 atom stereocenters. The fourth-order valence-corrected chi connectivity index (χ4v) is 4.57. The quantitative estimate of drug-likeness (QED) is 0.102. The molecule has 0 saturated carbocycles. The van der Waals surface area contributed by atoms with Crippen LogP contribution in [0.3, 0.4) is 0 Å². The lowest BCUT2D eigenvalue weighted by Gasteiger charge is -2.23. The minimum atomic E-state index is -1.42. The number of esters is 3. The predicted octanol–water partition coefficient (Wildman–Crippen LogP) is 4.75. The maximum Gasteiger partial charge on any atom is 0.407 e. The van der Waals surface area contributed by atoms with Crippen molar-refractivity contribution >= 4 is 38.0 Å². The minimum absolute atomic E-state index is 0.0484. The van der Waals surface area contributed by atoms with E-state index in [0.29, 0.717) is 19.4 Å². The smallest absolute Gasteiger partial charge is 0.407 e. The molecule has 0 radical (unpaired) electrons. The molecule has 0 saturated heterocycles. The molecule has 12 heteroatoms. The number of hydrogen-bond donors (Lipinski definition) is 2. The lowest BCUT2D eigenvalue weighted by atomic mass is 9.97. The molecule has 0 spiro atoms. The third-order valence-corrected chi connectivity index (χ3v) is 7.92. The molecule has 1 aromatic carbocycles. The monoisotopic (exact) mass is 622 g/mol. The molecule has 0 unspecified atom stereocenters. The van der Waals surface area contributed by atoms with Crippen molar-refractivity contribution in [3.63, 3.8) is 0 Å². The van der Waals surface area contributed by atoms with E-state index in [1.165, 1.54) is 7.11 Å². The van der Waals surface area contributed by atoms with Gasteiger partial charge >= 0.3 is 24.0 Å². The molecule has 0 fully saturated rings. The minimum Gasteiger partial charge on any atom is -0.467 e. The summed E-state index contributed by atoms with van der Waals surface area (Å²) >= 11 is 0. The zero-order valence-corrected chi connectivity index (χ0v) is 27.8. The van der Waals surface area contributed by atoms with E-state index in [4.69, 9.17) is 18.9 Å². The summed E-state index contributed by atoms with van der Waals surface area (Å²) in [4.78, 5) is 62.6. The van der Waals surface area contributed by atoms with Crippen LogP contribution in [0.1, 0.15) is 64.9 Å². The number of amides is 2. The van der Waals surface area contributed by atoms with Gasteiger partial charge in [0.2, 0.25) is 5.91 Å². The first-order valence-corrected chi connectivity index (χ1v) is 18.5. The molecular formula is C31H50N2O9Si. The van der Waals surface area contributed by atoms with Gasteiger partial charge in [-0.25, -0.2) is 9.59 Å². The maximum absolute atomic E-state index is 13.3. The normalized spacial score (nSPS) is 12.8.